The van der Waals surface area contributed by atoms with E-state index in [0.29, 0.717) is 35.1 Å². The van der Waals surface area contributed by atoms with E-state index in [9.17, 15) is 14.4 Å². The van der Waals surface area contributed by atoms with E-state index in [4.69, 9.17) is 0 Å². The Morgan fingerprint density at radius 2 is 1.93 bits per heavy atom. The summed E-state index contributed by atoms with van der Waals surface area (Å²) in [6.45, 7) is 2.25. The zero-order valence-corrected chi connectivity index (χ0v) is 15.9. The van der Waals surface area contributed by atoms with Crippen LogP contribution >= 0.6 is 0 Å². The third-order valence-electron chi connectivity index (χ3n) is 4.52. The Morgan fingerprint density at radius 1 is 1.14 bits per heavy atom. The zero-order valence-electron chi connectivity index (χ0n) is 15.9. The van der Waals surface area contributed by atoms with Crippen molar-refractivity contribution in [2.45, 2.75) is 26.3 Å². The van der Waals surface area contributed by atoms with Gasteiger partial charge in [-0.2, -0.15) is 0 Å². The second-order valence-electron chi connectivity index (χ2n) is 6.52. The smallest absolute Gasteiger partial charge is 0.261 e. The van der Waals surface area contributed by atoms with Crippen molar-refractivity contribution >= 4 is 28.4 Å². The molecule has 0 aliphatic heterocycles. The maximum absolute atomic E-state index is 12.4. The van der Waals surface area contributed by atoms with E-state index in [1.807, 2.05) is 13.0 Å². The molecule has 0 aliphatic rings. The maximum atomic E-state index is 12.4. The van der Waals surface area contributed by atoms with Crippen LogP contribution in [0, 0.1) is 6.92 Å². The summed E-state index contributed by atoms with van der Waals surface area (Å²) in [5.41, 5.74) is 2.58. The molecule has 0 saturated carbocycles. The first-order chi connectivity index (χ1) is 13.5. The lowest BCUT2D eigenvalue weighted by Gasteiger charge is -2.10. The van der Waals surface area contributed by atoms with Crippen LogP contribution < -0.4 is 16.2 Å². The highest BCUT2D eigenvalue weighted by Crippen LogP contribution is 2.17. The number of anilines is 1. The third kappa shape index (κ3) is 4.25. The molecule has 2 N–H and O–H groups in total. The number of carbonyl (C=O) groups excluding carboxylic acids is 2. The Balaban J connectivity index is 1.59. The molecule has 28 heavy (non-hydrogen) atoms. The molecule has 0 bridgehead atoms. The van der Waals surface area contributed by atoms with Crippen molar-refractivity contribution in [3.8, 4) is 0 Å². The summed E-state index contributed by atoms with van der Waals surface area (Å²) in [5, 5.41) is 5.99. The number of nitrogens with zero attached hydrogens (tertiary/aromatic N) is 2. The Hall–Kier alpha value is -3.48. The van der Waals surface area contributed by atoms with E-state index in [-0.39, 0.29) is 23.8 Å². The van der Waals surface area contributed by atoms with E-state index in [2.05, 4.69) is 15.6 Å². The van der Waals surface area contributed by atoms with Crippen molar-refractivity contribution in [2.24, 2.45) is 0 Å². The van der Waals surface area contributed by atoms with Crippen LogP contribution in [0.2, 0.25) is 0 Å². The highest BCUT2D eigenvalue weighted by Gasteiger charge is 2.09. The van der Waals surface area contributed by atoms with Gasteiger partial charge in [-0.25, -0.2) is 4.98 Å². The number of benzene rings is 2. The number of aryl methyl sites for hydroxylation is 2. The topological polar surface area (TPSA) is 93.1 Å². The predicted molar refractivity (Wildman–Crippen MR) is 108 cm³/mol. The average Bonchev–Trinajstić information content (AvgIpc) is 2.70. The number of carbonyl (C=O) groups is 2. The van der Waals surface area contributed by atoms with Gasteiger partial charge in [-0.05, 0) is 49.2 Å². The number of para-hydroxylation sites is 1. The van der Waals surface area contributed by atoms with Crippen LogP contribution in [0.1, 0.15) is 28.8 Å². The zero-order chi connectivity index (χ0) is 20.1. The minimum Gasteiger partial charge on any atom is -0.355 e. The van der Waals surface area contributed by atoms with Crippen LogP contribution in [0.15, 0.2) is 53.6 Å². The molecule has 0 unspecified atom stereocenters. The molecule has 1 aromatic heterocycles. The minimum absolute atomic E-state index is 0.105. The third-order valence-corrected chi connectivity index (χ3v) is 4.52. The number of hydrogen-bond acceptors (Lipinski definition) is 4. The molecule has 0 saturated heterocycles. The fourth-order valence-electron chi connectivity index (χ4n) is 2.98. The highest BCUT2D eigenvalue weighted by atomic mass is 16.2. The van der Waals surface area contributed by atoms with E-state index < -0.39 is 0 Å². The maximum Gasteiger partial charge on any atom is 0.261 e. The van der Waals surface area contributed by atoms with Crippen LogP contribution in [0.5, 0.6) is 0 Å². The summed E-state index contributed by atoms with van der Waals surface area (Å²) < 4.78 is 1.53. The fraction of sp³-hybridized carbons (Fsp3) is 0.238. The molecule has 7 nitrogen and oxygen atoms in total. The van der Waals surface area contributed by atoms with E-state index in [1.165, 1.54) is 10.9 Å². The first-order valence-electron chi connectivity index (χ1n) is 9.06. The van der Waals surface area contributed by atoms with Gasteiger partial charge in [0.2, 0.25) is 5.91 Å². The Morgan fingerprint density at radius 3 is 2.68 bits per heavy atom. The van der Waals surface area contributed by atoms with Gasteiger partial charge in [-0.3, -0.25) is 19.0 Å². The summed E-state index contributed by atoms with van der Waals surface area (Å²) in [7, 11) is 1.57. The summed E-state index contributed by atoms with van der Waals surface area (Å²) >= 11 is 0. The van der Waals surface area contributed by atoms with Crippen LogP contribution in [-0.2, 0) is 11.3 Å². The molecule has 7 heteroatoms. The van der Waals surface area contributed by atoms with Gasteiger partial charge >= 0.3 is 0 Å². The monoisotopic (exact) mass is 378 g/mol. The van der Waals surface area contributed by atoms with Crippen LogP contribution in [0.3, 0.4) is 0 Å². The Kier molecular flexibility index (Phi) is 5.84. The van der Waals surface area contributed by atoms with Crippen molar-refractivity contribution < 1.29 is 9.59 Å². The molecule has 3 aromatic rings. The second kappa shape index (κ2) is 8.47. The van der Waals surface area contributed by atoms with Gasteiger partial charge in [0.1, 0.15) is 0 Å². The normalized spacial score (nSPS) is 10.6. The van der Waals surface area contributed by atoms with Crippen molar-refractivity contribution in [3.63, 3.8) is 0 Å². The quantitative estimate of drug-likeness (QED) is 0.689. The SMILES string of the molecule is CNC(=O)c1ccc(NC(=O)CCCn2cnc3ccccc3c2=O)c(C)c1. The van der Waals surface area contributed by atoms with E-state index in [0.717, 1.165) is 5.56 Å². The van der Waals surface area contributed by atoms with Gasteiger partial charge < -0.3 is 10.6 Å². The van der Waals surface area contributed by atoms with E-state index >= 15 is 0 Å². The molecule has 3 rings (SSSR count). The van der Waals surface area contributed by atoms with Gasteiger partial charge in [0.15, 0.2) is 0 Å². The molecular formula is C21H22N4O3. The molecule has 1 heterocycles. The average molecular weight is 378 g/mol. The summed E-state index contributed by atoms with van der Waals surface area (Å²) in [4.78, 5) is 40.6. The van der Waals surface area contributed by atoms with Crippen molar-refractivity contribution in [2.75, 3.05) is 12.4 Å². The van der Waals surface area contributed by atoms with Crippen molar-refractivity contribution in [1.29, 1.82) is 0 Å². The second-order valence-corrected chi connectivity index (χ2v) is 6.52. The van der Waals surface area contributed by atoms with Gasteiger partial charge in [-0.1, -0.05) is 12.1 Å². The van der Waals surface area contributed by atoms with Gasteiger partial charge in [-0.15, -0.1) is 0 Å². The summed E-state index contributed by atoms with van der Waals surface area (Å²) in [6.07, 6.45) is 2.31. The van der Waals surface area contributed by atoms with Crippen LogP contribution in [0.25, 0.3) is 10.9 Å². The van der Waals surface area contributed by atoms with Gasteiger partial charge in [0, 0.05) is 31.3 Å². The van der Waals surface area contributed by atoms with Crippen LogP contribution in [-0.4, -0.2) is 28.4 Å². The first-order valence-corrected chi connectivity index (χ1v) is 9.06. The number of nitrogens with one attached hydrogen (secondary N) is 2. The van der Waals surface area contributed by atoms with Crippen molar-refractivity contribution in [3.05, 3.63) is 70.3 Å². The number of hydrogen-bond donors (Lipinski definition) is 2. The lowest BCUT2D eigenvalue weighted by Crippen LogP contribution is -2.22. The van der Waals surface area contributed by atoms with Gasteiger partial charge in [0.25, 0.3) is 11.5 Å². The standard InChI is InChI=1S/C21H22N4O3/c1-14-12-15(20(27)22-2)9-10-17(14)24-19(26)8-5-11-25-13-23-18-7-4-3-6-16(18)21(25)28/h3-4,6-7,9-10,12-13H,5,8,11H2,1-2H3,(H,22,27)(H,24,26). The molecule has 0 radical (unpaired) electrons. The molecule has 2 amide bonds. The van der Waals surface area contributed by atoms with E-state index in [1.54, 1.807) is 43.4 Å². The minimum atomic E-state index is -0.171. The molecule has 0 aliphatic carbocycles. The molecule has 0 fully saturated rings. The van der Waals surface area contributed by atoms with Crippen molar-refractivity contribution in [1.82, 2.24) is 14.9 Å². The molecule has 0 spiro atoms. The number of amides is 2. The molecular weight excluding hydrogens is 356 g/mol. The molecule has 2 aromatic carbocycles. The summed E-state index contributed by atoms with van der Waals surface area (Å²) in [6, 6.07) is 12.3. The Bertz CT molecular complexity index is 1090. The molecule has 144 valence electrons. The van der Waals surface area contributed by atoms with Gasteiger partial charge in [0.05, 0.1) is 17.2 Å². The van der Waals surface area contributed by atoms with Crippen LogP contribution in [0.4, 0.5) is 5.69 Å². The highest BCUT2D eigenvalue weighted by molar-refractivity contribution is 5.96. The summed E-state index contributed by atoms with van der Waals surface area (Å²) in [5.74, 6) is -0.312. The Labute approximate surface area is 162 Å². The molecule has 0 atom stereocenters. The number of fused-ring (bicyclic) bond motifs is 1. The number of aromatic nitrogens is 2. The predicted octanol–water partition coefficient (Wildman–Crippen LogP) is 2.48. The number of rotatable bonds is 6. The lowest BCUT2D eigenvalue weighted by atomic mass is 10.1. The largest absolute Gasteiger partial charge is 0.355 e. The lowest BCUT2D eigenvalue weighted by molar-refractivity contribution is -0.116. The first kappa shape index (κ1) is 19.3. The fourth-order valence-corrected chi connectivity index (χ4v) is 2.98.